The molecule has 438 valence electrons. The van der Waals surface area contributed by atoms with Crippen molar-refractivity contribution in [2.24, 2.45) is 98.4 Å². The number of hydrogen-bond donors (Lipinski definition) is 11. The van der Waals surface area contributed by atoms with Crippen molar-refractivity contribution in [3.8, 4) is 0 Å². The minimum Gasteiger partial charge on any atom is -0.481 e. The van der Waals surface area contributed by atoms with Crippen LogP contribution in [0.2, 0.25) is 0 Å². The van der Waals surface area contributed by atoms with Crippen LogP contribution in [0.3, 0.4) is 0 Å². The summed E-state index contributed by atoms with van der Waals surface area (Å²) in [7, 11) is -8.98. The van der Waals surface area contributed by atoms with Crippen LogP contribution in [0.4, 0.5) is 4.39 Å². The fourth-order valence-electron chi connectivity index (χ4n) is 18.6. The van der Waals surface area contributed by atoms with Gasteiger partial charge < -0.3 is 46.8 Å². The summed E-state index contributed by atoms with van der Waals surface area (Å²) in [6.07, 6.45) is 11.4. The van der Waals surface area contributed by atoms with Crippen molar-refractivity contribution in [2.45, 2.75) is 220 Å². The van der Waals surface area contributed by atoms with Crippen LogP contribution in [0.5, 0.6) is 0 Å². The molecule has 0 aromatic heterocycles. The van der Waals surface area contributed by atoms with Crippen molar-refractivity contribution in [1.82, 2.24) is 5.32 Å². The number of rotatable bonds is 13. The van der Waals surface area contributed by atoms with Gasteiger partial charge in [0, 0.05) is 24.9 Å². The highest BCUT2D eigenvalue weighted by molar-refractivity contribution is 7.86. The molecule has 0 bridgehead atoms. The molecule has 0 aromatic carbocycles. The highest BCUT2D eigenvalue weighted by Gasteiger charge is 2.67. The molecule has 0 saturated heterocycles. The van der Waals surface area contributed by atoms with Gasteiger partial charge in [0.25, 0.3) is 20.2 Å². The number of aliphatic carboxylic acids is 1. The third-order valence-corrected chi connectivity index (χ3v) is 23.8. The van der Waals surface area contributed by atoms with E-state index >= 15 is 0 Å². The molecule has 8 unspecified atom stereocenters. The van der Waals surface area contributed by atoms with Gasteiger partial charge in [-0.3, -0.25) is 23.1 Å². The van der Waals surface area contributed by atoms with Gasteiger partial charge >= 0.3 is 5.97 Å². The molecular weight excluding hydrogens is 1010 g/mol. The molecule has 8 aliphatic carbocycles. The van der Waals surface area contributed by atoms with E-state index in [4.69, 9.17) is 21.3 Å². The SMILES string of the molecule is C[C@@H](N)CS(=O)(=O)O.C[C@H](CCC(=O)O)[C@H]1CCC2C3C(CC[C@@]21C)[C@@]1(C)CC[C@@H](O)CC1[C@@H](O)[C@H]3O.C[C@H](CS(=O)(=O)O)NC(=O)CC[C@@H](C)[C@H]1CCC2C3C(CC[C@@]21C)[C@@]1(C)CC[C@@H](O)CC1[C@@H](O)[C@H]3O.[2H]CF. The van der Waals surface area contributed by atoms with Crippen LogP contribution in [0.25, 0.3) is 0 Å². The van der Waals surface area contributed by atoms with Crippen molar-refractivity contribution >= 4 is 32.1 Å². The lowest BCUT2D eigenvalue weighted by molar-refractivity contribution is -0.223. The Kier molecular flexibility index (Phi) is 20.9. The molecule has 75 heavy (non-hydrogen) atoms. The summed E-state index contributed by atoms with van der Waals surface area (Å²) in [5, 5.41) is 77.2. The Bertz CT molecular complexity index is 2170. The first-order valence-corrected chi connectivity index (χ1v) is 31.4. The summed E-state index contributed by atoms with van der Waals surface area (Å²) in [4.78, 5) is 23.5. The Morgan fingerprint density at radius 1 is 0.587 bits per heavy atom. The highest BCUT2D eigenvalue weighted by Crippen LogP contribution is 2.70. The second-order valence-corrected chi connectivity index (χ2v) is 29.4. The summed E-state index contributed by atoms with van der Waals surface area (Å²) in [5.74, 6) is 1.43. The predicted octanol–water partition coefficient (Wildman–Crippen LogP) is 6.01. The molecular formula is C55H99FN2O15S2. The topological polar surface area (TPSA) is 323 Å². The molecule has 12 N–H and O–H groups in total. The van der Waals surface area contributed by atoms with Gasteiger partial charge in [-0.15, -0.1) is 0 Å². The molecule has 0 aromatic rings. The quantitative estimate of drug-likeness (QED) is 0.0941. The summed E-state index contributed by atoms with van der Waals surface area (Å²) < 4.78 is 74.5. The molecule has 20 heteroatoms. The van der Waals surface area contributed by atoms with Crippen molar-refractivity contribution < 1.29 is 77.0 Å². The zero-order valence-corrected chi connectivity index (χ0v) is 47.8. The van der Waals surface area contributed by atoms with E-state index in [-0.39, 0.29) is 75.6 Å². The molecule has 8 rings (SSSR count). The first-order chi connectivity index (χ1) is 35.1. The first kappa shape index (κ1) is 62.6. The van der Waals surface area contributed by atoms with E-state index in [2.05, 4.69) is 46.9 Å². The van der Waals surface area contributed by atoms with Crippen LogP contribution in [0.15, 0.2) is 0 Å². The molecule has 24 atom stereocenters. The van der Waals surface area contributed by atoms with Crippen molar-refractivity contribution in [3.05, 3.63) is 0 Å². The summed E-state index contributed by atoms with van der Waals surface area (Å²) >= 11 is 0. The minimum absolute atomic E-state index is 0.00309. The Hall–Kier alpha value is -1.59. The number of carbonyl (C=O) groups is 2. The fourth-order valence-corrected chi connectivity index (χ4v) is 20.0. The molecule has 0 spiro atoms. The van der Waals surface area contributed by atoms with Crippen molar-refractivity contribution in [3.63, 3.8) is 0 Å². The molecule has 17 nitrogen and oxygen atoms in total. The largest absolute Gasteiger partial charge is 0.481 e. The van der Waals surface area contributed by atoms with Gasteiger partial charge in [0.15, 0.2) is 0 Å². The van der Waals surface area contributed by atoms with Crippen LogP contribution in [0, 0.1) is 92.7 Å². The van der Waals surface area contributed by atoms with Crippen LogP contribution in [0.1, 0.15) is 172 Å². The second kappa shape index (κ2) is 25.0. The van der Waals surface area contributed by atoms with E-state index in [0.29, 0.717) is 73.0 Å². The van der Waals surface area contributed by atoms with Gasteiger partial charge in [0.2, 0.25) is 5.91 Å². The average molecular weight is 1110 g/mol. The number of carboxylic acid groups (broad SMARTS) is 1. The number of aliphatic hydroxyl groups excluding tert-OH is 6. The van der Waals surface area contributed by atoms with Gasteiger partial charge in [-0.1, -0.05) is 41.5 Å². The number of carbonyl (C=O) groups excluding carboxylic acids is 1. The molecule has 0 radical (unpaired) electrons. The average Bonchev–Trinajstić information content (AvgIpc) is 3.85. The van der Waals surface area contributed by atoms with E-state index in [1.807, 2.05) is 0 Å². The number of aliphatic hydroxyl groups is 6. The number of nitrogens with one attached hydrogen (secondary N) is 1. The van der Waals surface area contributed by atoms with Crippen molar-refractivity contribution in [1.29, 1.82) is 0 Å². The smallest absolute Gasteiger partial charge is 0.303 e. The Morgan fingerprint density at radius 3 is 1.29 bits per heavy atom. The van der Waals surface area contributed by atoms with Gasteiger partial charge in [0.05, 0.1) is 56.7 Å². The van der Waals surface area contributed by atoms with Gasteiger partial charge in [-0.25, -0.2) is 0 Å². The summed E-state index contributed by atoms with van der Waals surface area (Å²) in [5.41, 5.74) is 5.16. The lowest BCUT2D eigenvalue weighted by Crippen LogP contribution is -2.64. The Balaban J connectivity index is 0.000000238. The van der Waals surface area contributed by atoms with Gasteiger partial charge in [-0.05, 0) is 209 Å². The van der Waals surface area contributed by atoms with Crippen LogP contribution < -0.4 is 11.1 Å². The molecule has 8 fully saturated rings. The number of hydrogen-bond acceptors (Lipinski definition) is 13. The molecule has 0 heterocycles. The molecule has 1 amide bonds. The van der Waals surface area contributed by atoms with Crippen molar-refractivity contribution in [2.75, 3.05) is 18.7 Å². The number of amides is 1. The molecule has 8 saturated carbocycles. The third kappa shape index (κ3) is 14.0. The lowest BCUT2D eigenvalue weighted by Gasteiger charge is -2.63. The van der Waals surface area contributed by atoms with E-state index in [1.165, 1.54) is 6.92 Å². The number of alkyl halides is 1. The number of fused-ring (bicyclic) bond motifs is 10. The zero-order valence-electron chi connectivity index (χ0n) is 47.1. The highest BCUT2D eigenvalue weighted by atomic mass is 32.2. The summed E-state index contributed by atoms with van der Waals surface area (Å²) in [6.45, 7) is 16.8. The van der Waals surface area contributed by atoms with Crippen LogP contribution in [-0.4, -0.2) is 141 Å². The Labute approximate surface area is 449 Å². The standard InChI is InChI=1S/C27H47NO7S.C24H40O5.C3H9NO3S.CH3F/c1-15(5-8-22(30)28-16(2)14-36(33,34)35)18-6-7-19-23-20(10-12-26(18,19)3)27(4)11-9-17(29)13-21(27)24(31)25(23)32;1-13(4-7-19(26)27)15-5-6-16-20-17(9-11-23(15,16)2)24(3)10-8-14(25)12-18(24)21(28)22(20)29;1-3(4)2-8(5,6)7;1-2/h15-21,23-25,29,31-32H,5-14H2,1-4H3,(H,28,30)(H,33,34,35);13-18,20-22,25,28-29H,4-12H2,1-3H3,(H,26,27);3H,2,4H2,1H3,(H,5,6,7);1H3/t15-,16-,17-,18-,19?,20?,21?,23?,24-,25+,26-,27-;13-,14-,15-,16?,17?,18?,20?,21-,22+,23-,24-;3-;/m111./s1/i;;;1D. The van der Waals surface area contributed by atoms with Gasteiger partial charge in [-0.2, -0.15) is 16.8 Å². The zero-order chi connectivity index (χ0) is 57.3. The van der Waals surface area contributed by atoms with E-state index in [9.17, 15) is 61.5 Å². The van der Waals surface area contributed by atoms with Gasteiger partial charge in [0.1, 0.15) is 0 Å². The number of nitrogens with two attached hydrogens (primary N) is 1. The number of halogens is 1. The van der Waals surface area contributed by atoms with E-state index < -0.39 is 75.6 Å². The maximum Gasteiger partial charge on any atom is 0.303 e. The maximum absolute atomic E-state index is 12.4. The van der Waals surface area contributed by atoms with E-state index in [1.54, 1.807) is 6.92 Å². The lowest BCUT2D eigenvalue weighted by atomic mass is 9.43. The molecule has 8 aliphatic rings. The normalized spacial score (nSPS) is 44.6. The second-order valence-electron chi connectivity index (χ2n) is 26.4. The van der Waals surface area contributed by atoms with Crippen LogP contribution >= 0.6 is 0 Å². The number of carboxylic acids is 1. The monoisotopic (exact) mass is 1110 g/mol. The fraction of sp³-hybridized carbons (Fsp3) is 0.964. The third-order valence-electron chi connectivity index (χ3n) is 22.0. The van der Waals surface area contributed by atoms with E-state index in [0.717, 1.165) is 83.5 Å². The first-order valence-electron chi connectivity index (χ1n) is 28.9. The molecule has 0 aliphatic heterocycles. The maximum atomic E-state index is 12.4. The minimum atomic E-state index is -4.13. The van der Waals surface area contributed by atoms with Crippen LogP contribution in [-0.2, 0) is 29.8 Å². The predicted molar refractivity (Wildman–Crippen MR) is 284 cm³/mol. The summed E-state index contributed by atoms with van der Waals surface area (Å²) in [6, 6.07) is -1.14. The Morgan fingerprint density at radius 2 is 0.947 bits per heavy atom.